The molecule has 0 saturated carbocycles. The quantitative estimate of drug-likeness (QED) is 0.618. The van der Waals surface area contributed by atoms with Crippen LogP contribution < -0.4 is 5.73 Å². The Morgan fingerprint density at radius 2 is 2.18 bits per heavy atom. The highest BCUT2D eigenvalue weighted by Gasteiger charge is 2.01. The third-order valence-corrected chi connectivity index (χ3v) is 1.42. The van der Waals surface area contributed by atoms with Crippen LogP contribution in [0.15, 0.2) is 37.2 Å². The number of nitrogens with zero attached hydrogens (tertiary/aromatic N) is 1. The summed E-state index contributed by atoms with van der Waals surface area (Å²) in [5.74, 6) is 0. The minimum absolute atomic E-state index is 0.00512. The maximum Gasteiger partial charge on any atom is 0.0414 e. The molecule has 2 N–H and O–H groups in total. The van der Waals surface area contributed by atoms with Crippen LogP contribution in [0.4, 0.5) is 0 Å². The smallest absolute Gasteiger partial charge is 0.0414 e. The maximum absolute atomic E-state index is 5.61. The molecule has 0 rings (SSSR count). The molecule has 0 aromatic rings. The molecule has 0 aromatic heterocycles. The van der Waals surface area contributed by atoms with Gasteiger partial charge < -0.3 is 10.6 Å². The second kappa shape index (κ2) is 4.74. The first-order valence-electron chi connectivity index (χ1n) is 3.56. The molecule has 0 spiro atoms. The summed E-state index contributed by atoms with van der Waals surface area (Å²) >= 11 is 0. The van der Waals surface area contributed by atoms with Crippen molar-refractivity contribution >= 4 is 0 Å². The lowest BCUT2D eigenvalue weighted by Gasteiger charge is -2.19. The molecule has 0 amide bonds. The predicted molar refractivity (Wildman–Crippen MR) is 49.9 cm³/mol. The lowest BCUT2D eigenvalue weighted by Crippen LogP contribution is -2.26. The van der Waals surface area contributed by atoms with Gasteiger partial charge in [0.2, 0.25) is 0 Å². The second-order valence-electron chi connectivity index (χ2n) is 2.47. The third kappa shape index (κ3) is 3.63. The highest BCUT2D eigenvalue weighted by molar-refractivity contribution is 5.07. The van der Waals surface area contributed by atoms with E-state index in [4.69, 9.17) is 5.73 Å². The average molecular weight is 152 g/mol. The molecular weight excluding hydrogens is 136 g/mol. The van der Waals surface area contributed by atoms with E-state index in [0.717, 1.165) is 5.70 Å². The Morgan fingerprint density at radius 1 is 1.64 bits per heavy atom. The van der Waals surface area contributed by atoms with Gasteiger partial charge in [0, 0.05) is 25.0 Å². The fourth-order valence-corrected chi connectivity index (χ4v) is 0.607. The van der Waals surface area contributed by atoms with Gasteiger partial charge >= 0.3 is 0 Å². The Hall–Kier alpha value is -1.02. The Morgan fingerprint density at radius 3 is 2.55 bits per heavy atom. The van der Waals surface area contributed by atoms with E-state index in [9.17, 15) is 0 Å². The van der Waals surface area contributed by atoms with Crippen molar-refractivity contribution in [1.82, 2.24) is 4.90 Å². The largest absolute Gasteiger partial charge is 0.354 e. The first kappa shape index (κ1) is 9.98. The zero-order chi connectivity index (χ0) is 8.85. The lowest BCUT2D eigenvalue weighted by atomic mass is 10.2. The van der Waals surface area contributed by atoms with Crippen LogP contribution in [-0.2, 0) is 0 Å². The van der Waals surface area contributed by atoms with E-state index in [1.54, 1.807) is 6.08 Å². The van der Waals surface area contributed by atoms with Crippen LogP contribution >= 0.6 is 0 Å². The number of hydrogen-bond acceptors (Lipinski definition) is 2. The molecule has 0 aliphatic carbocycles. The van der Waals surface area contributed by atoms with E-state index in [2.05, 4.69) is 13.2 Å². The Labute approximate surface area is 68.7 Å². The summed E-state index contributed by atoms with van der Waals surface area (Å²) in [5.41, 5.74) is 6.50. The molecule has 2 nitrogen and oxygen atoms in total. The summed E-state index contributed by atoms with van der Waals surface area (Å²) in [4.78, 5) is 1.88. The third-order valence-electron chi connectivity index (χ3n) is 1.42. The molecular formula is C9H16N2. The molecule has 0 saturated heterocycles. The van der Waals surface area contributed by atoms with E-state index < -0.39 is 0 Å². The molecule has 11 heavy (non-hydrogen) atoms. The predicted octanol–water partition coefficient (Wildman–Crippen LogP) is 1.48. The summed E-state index contributed by atoms with van der Waals surface area (Å²) in [7, 11) is 1.91. The minimum atomic E-state index is -0.00512. The fraction of sp³-hybridized carbons (Fsp3) is 0.333. The normalized spacial score (nSPS) is 13.0. The van der Waals surface area contributed by atoms with Crippen molar-refractivity contribution in [3.8, 4) is 0 Å². The molecule has 2 heteroatoms. The fourth-order valence-electron chi connectivity index (χ4n) is 0.607. The van der Waals surface area contributed by atoms with Crippen LogP contribution in [0, 0.1) is 0 Å². The van der Waals surface area contributed by atoms with Crippen LogP contribution in [0.2, 0.25) is 0 Å². The van der Waals surface area contributed by atoms with E-state index in [0.29, 0.717) is 0 Å². The van der Waals surface area contributed by atoms with Gasteiger partial charge in [0.15, 0.2) is 0 Å². The molecule has 1 unspecified atom stereocenters. The number of nitrogens with two attached hydrogens (primary N) is 1. The zero-order valence-electron chi connectivity index (χ0n) is 7.25. The summed E-state index contributed by atoms with van der Waals surface area (Å²) in [6.45, 7) is 9.29. The van der Waals surface area contributed by atoms with Gasteiger partial charge in [-0.25, -0.2) is 0 Å². The summed E-state index contributed by atoms with van der Waals surface area (Å²) in [5, 5.41) is 0. The van der Waals surface area contributed by atoms with Crippen molar-refractivity contribution in [3.63, 3.8) is 0 Å². The van der Waals surface area contributed by atoms with Gasteiger partial charge in [-0.3, -0.25) is 0 Å². The van der Waals surface area contributed by atoms with Gasteiger partial charge in [-0.15, -0.1) is 0 Å². The van der Waals surface area contributed by atoms with Gasteiger partial charge in [-0.2, -0.15) is 0 Å². The molecule has 0 aliphatic heterocycles. The van der Waals surface area contributed by atoms with Crippen molar-refractivity contribution in [2.75, 3.05) is 7.05 Å². The van der Waals surface area contributed by atoms with Crippen molar-refractivity contribution in [3.05, 3.63) is 37.2 Å². The van der Waals surface area contributed by atoms with E-state index in [-0.39, 0.29) is 6.04 Å². The van der Waals surface area contributed by atoms with Crippen molar-refractivity contribution in [2.45, 2.75) is 13.0 Å². The highest BCUT2D eigenvalue weighted by atomic mass is 15.1. The SMILES string of the molecule is C=C/C=C\N(C)C(=C)C(C)N. The van der Waals surface area contributed by atoms with Crippen molar-refractivity contribution in [1.29, 1.82) is 0 Å². The molecule has 0 heterocycles. The maximum atomic E-state index is 5.61. The number of hydrogen-bond donors (Lipinski definition) is 1. The second-order valence-corrected chi connectivity index (χ2v) is 2.47. The number of rotatable bonds is 4. The monoisotopic (exact) mass is 152 g/mol. The molecule has 1 atom stereocenters. The Kier molecular flexibility index (Phi) is 4.30. The zero-order valence-corrected chi connectivity index (χ0v) is 7.25. The van der Waals surface area contributed by atoms with Gasteiger partial charge in [0.1, 0.15) is 0 Å². The van der Waals surface area contributed by atoms with Crippen LogP contribution in [0.3, 0.4) is 0 Å². The molecule has 0 bridgehead atoms. The molecule has 0 aliphatic rings. The van der Waals surface area contributed by atoms with Crippen molar-refractivity contribution < 1.29 is 0 Å². The average Bonchev–Trinajstić information content (AvgIpc) is 1.98. The topological polar surface area (TPSA) is 29.3 Å². The van der Waals surface area contributed by atoms with Crippen LogP contribution in [0.25, 0.3) is 0 Å². The lowest BCUT2D eigenvalue weighted by molar-refractivity contribution is 0.521. The highest BCUT2D eigenvalue weighted by Crippen LogP contribution is 2.01. The number of likely N-dealkylation sites (N-methyl/N-ethyl adjacent to an activating group) is 1. The van der Waals surface area contributed by atoms with Gasteiger partial charge in [0.25, 0.3) is 0 Å². The number of allylic oxidation sites excluding steroid dienone is 2. The molecule has 0 aromatic carbocycles. The van der Waals surface area contributed by atoms with E-state index in [1.165, 1.54) is 0 Å². The standard InChI is InChI=1S/C9H16N2/c1-5-6-7-11(4)9(3)8(2)10/h5-8H,1,3,10H2,2,4H3/b7-6-. The van der Waals surface area contributed by atoms with Gasteiger partial charge in [0.05, 0.1) is 0 Å². The molecule has 0 fully saturated rings. The molecule has 62 valence electrons. The van der Waals surface area contributed by atoms with Crippen molar-refractivity contribution in [2.24, 2.45) is 5.73 Å². The van der Waals surface area contributed by atoms with Gasteiger partial charge in [-0.05, 0) is 13.0 Å². The summed E-state index contributed by atoms with van der Waals surface area (Å²) < 4.78 is 0. The first-order chi connectivity index (χ1) is 5.09. The van der Waals surface area contributed by atoms with Crippen LogP contribution in [0.5, 0.6) is 0 Å². The van der Waals surface area contributed by atoms with Gasteiger partial charge in [-0.1, -0.05) is 19.2 Å². The summed E-state index contributed by atoms with van der Waals surface area (Å²) in [6.07, 6.45) is 5.43. The van der Waals surface area contributed by atoms with Crippen LogP contribution in [-0.4, -0.2) is 18.0 Å². The Bertz CT molecular complexity index is 168. The molecule has 0 radical (unpaired) electrons. The van der Waals surface area contributed by atoms with Crippen LogP contribution in [0.1, 0.15) is 6.92 Å². The summed E-state index contributed by atoms with van der Waals surface area (Å²) in [6, 6.07) is -0.00512. The van der Waals surface area contributed by atoms with E-state index in [1.807, 2.05) is 31.1 Å². The van der Waals surface area contributed by atoms with E-state index >= 15 is 0 Å². The Balaban J connectivity index is 4.02. The minimum Gasteiger partial charge on any atom is -0.354 e. The first-order valence-corrected chi connectivity index (χ1v) is 3.56.